The van der Waals surface area contributed by atoms with Crippen molar-refractivity contribution >= 4 is 17.3 Å². The van der Waals surface area contributed by atoms with Crippen LogP contribution in [0.3, 0.4) is 0 Å². The lowest BCUT2D eigenvalue weighted by Gasteiger charge is -2.17. The summed E-state index contributed by atoms with van der Waals surface area (Å²) in [5, 5.41) is 19.8. The highest BCUT2D eigenvalue weighted by Crippen LogP contribution is 2.25. The maximum Gasteiger partial charge on any atom is 0.349 e. The van der Waals surface area contributed by atoms with E-state index in [0.29, 0.717) is 5.75 Å². The lowest BCUT2D eigenvalue weighted by molar-refractivity contribution is 0.0278. The predicted octanol–water partition coefficient (Wildman–Crippen LogP) is 1.60. The van der Waals surface area contributed by atoms with E-state index in [9.17, 15) is 9.90 Å². The average Bonchev–Trinajstić information content (AvgIpc) is 2.46. The molecule has 0 aliphatic carbocycles. The Morgan fingerprint density at radius 2 is 2.29 bits per heavy atom. The fourth-order valence-corrected chi connectivity index (χ4v) is 1.49. The van der Waals surface area contributed by atoms with E-state index in [1.807, 2.05) is 0 Å². The number of carboxylic acids is 1. The molecule has 0 unspecified atom stereocenters. The molecule has 14 heavy (non-hydrogen) atoms. The number of thiophene rings is 1. The Morgan fingerprint density at radius 1 is 1.64 bits per heavy atom. The monoisotopic (exact) mass is 216 g/mol. The summed E-state index contributed by atoms with van der Waals surface area (Å²) >= 11 is 1.10. The number of carboxylic acid groups (broad SMARTS) is 1. The molecule has 0 saturated heterocycles. The topological polar surface area (TPSA) is 66.8 Å². The van der Waals surface area contributed by atoms with E-state index in [1.54, 1.807) is 25.3 Å². The van der Waals surface area contributed by atoms with Gasteiger partial charge < -0.3 is 14.9 Å². The van der Waals surface area contributed by atoms with Crippen LogP contribution < -0.4 is 4.74 Å². The molecule has 1 rings (SSSR count). The van der Waals surface area contributed by atoms with Crippen LogP contribution in [0, 0.1) is 0 Å². The second kappa shape index (κ2) is 3.98. The molecule has 0 radical (unpaired) electrons. The number of aliphatic hydroxyl groups is 1. The molecule has 5 heteroatoms. The molecule has 0 amide bonds. The standard InChI is InChI=1S/C9H12O4S/c1-9(2,12)5-13-6-3-4-14-7(6)8(10)11/h3-4,12H,5H2,1-2H3,(H,10,11). The van der Waals surface area contributed by atoms with E-state index < -0.39 is 11.6 Å². The van der Waals surface area contributed by atoms with E-state index in [0.717, 1.165) is 11.3 Å². The van der Waals surface area contributed by atoms with Crippen molar-refractivity contribution < 1.29 is 19.7 Å². The first-order valence-electron chi connectivity index (χ1n) is 4.06. The summed E-state index contributed by atoms with van der Waals surface area (Å²) in [5.74, 6) is -0.699. The molecule has 0 bridgehead atoms. The number of hydrogen-bond acceptors (Lipinski definition) is 4. The van der Waals surface area contributed by atoms with Gasteiger partial charge in [-0.25, -0.2) is 4.79 Å². The van der Waals surface area contributed by atoms with Crippen molar-refractivity contribution in [1.82, 2.24) is 0 Å². The maximum absolute atomic E-state index is 10.7. The Bertz CT molecular complexity index is 324. The van der Waals surface area contributed by atoms with Crippen LogP contribution in [0.5, 0.6) is 5.75 Å². The average molecular weight is 216 g/mol. The molecule has 1 heterocycles. The third-order valence-electron chi connectivity index (χ3n) is 1.40. The molecule has 0 spiro atoms. The van der Waals surface area contributed by atoms with Gasteiger partial charge in [0.25, 0.3) is 0 Å². The largest absolute Gasteiger partial charge is 0.489 e. The highest BCUT2D eigenvalue weighted by atomic mass is 32.1. The van der Waals surface area contributed by atoms with Crippen molar-refractivity contribution in [2.75, 3.05) is 6.61 Å². The van der Waals surface area contributed by atoms with Gasteiger partial charge in [0.1, 0.15) is 12.4 Å². The second-order valence-electron chi connectivity index (χ2n) is 3.52. The summed E-state index contributed by atoms with van der Waals surface area (Å²) in [6, 6.07) is 1.58. The summed E-state index contributed by atoms with van der Waals surface area (Å²) in [4.78, 5) is 10.8. The zero-order valence-electron chi connectivity index (χ0n) is 7.98. The van der Waals surface area contributed by atoms with Gasteiger partial charge in [0.2, 0.25) is 0 Å². The van der Waals surface area contributed by atoms with Gasteiger partial charge in [-0.2, -0.15) is 0 Å². The Balaban J connectivity index is 2.68. The first kappa shape index (κ1) is 11.0. The smallest absolute Gasteiger partial charge is 0.349 e. The molecule has 1 aromatic heterocycles. The fraction of sp³-hybridized carbons (Fsp3) is 0.444. The number of rotatable bonds is 4. The van der Waals surface area contributed by atoms with Crippen molar-refractivity contribution in [2.45, 2.75) is 19.4 Å². The van der Waals surface area contributed by atoms with Gasteiger partial charge in [0.15, 0.2) is 4.88 Å². The second-order valence-corrected chi connectivity index (χ2v) is 4.44. The van der Waals surface area contributed by atoms with Crippen LogP contribution in [0.15, 0.2) is 11.4 Å². The predicted molar refractivity (Wildman–Crippen MR) is 53.1 cm³/mol. The van der Waals surface area contributed by atoms with E-state index >= 15 is 0 Å². The number of ether oxygens (including phenoxy) is 1. The first-order valence-corrected chi connectivity index (χ1v) is 4.94. The molecule has 0 aliphatic rings. The third-order valence-corrected chi connectivity index (χ3v) is 2.29. The lowest BCUT2D eigenvalue weighted by Crippen LogP contribution is -2.28. The highest BCUT2D eigenvalue weighted by molar-refractivity contribution is 7.12. The van der Waals surface area contributed by atoms with E-state index in [2.05, 4.69) is 0 Å². The van der Waals surface area contributed by atoms with Gasteiger partial charge in [-0.05, 0) is 25.3 Å². The summed E-state index contributed by atoms with van der Waals surface area (Å²) < 4.78 is 5.18. The molecular weight excluding hydrogens is 204 g/mol. The number of hydrogen-bond donors (Lipinski definition) is 2. The van der Waals surface area contributed by atoms with Gasteiger partial charge in [-0.1, -0.05) is 0 Å². The highest BCUT2D eigenvalue weighted by Gasteiger charge is 2.17. The molecule has 2 N–H and O–H groups in total. The van der Waals surface area contributed by atoms with Crippen LogP contribution in [-0.2, 0) is 0 Å². The molecule has 78 valence electrons. The van der Waals surface area contributed by atoms with Crippen molar-refractivity contribution in [2.24, 2.45) is 0 Å². The minimum absolute atomic E-state index is 0.0734. The summed E-state index contributed by atoms with van der Waals surface area (Å²) in [7, 11) is 0. The minimum atomic E-state index is -1.01. The van der Waals surface area contributed by atoms with Crippen LogP contribution in [-0.4, -0.2) is 28.4 Å². The van der Waals surface area contributed by atoms with Crippen LogP contribution in [0.1, 0.15) is 23.5 Å². The van der Waals surface area contributed by atoms with Gasteiger partial charge >= 0.3 is 5.97 Å². The quantitative estimate of drug-likeness (QED) is 0.802. The zero-order valence-corrected chi connectivity index (χ0v) is 8.80. The third kappa shape index (κ3) is 3.01. The molecule has 0 fully saturated rings. The van der Waals surface area contributed by atoms with Gasteiger partial charge in [0.05, 0.1) is 5.60 Å². The fourth-order valence-electron chi connectivity index (χ4n) is 0.821. The van der Waals surface area contributed by atoms with E-state index in [4.69, 9.17) is 9.84 Å². The molecule has 0 aliphatic heterocycles. The van der Waals surface area contributed by atoms with Gasteiger partial charge in [-0.15, -0.1) is 11.3 Å². The van der Waals surface area contributed by atoms with Crippen molar-refractivity contribution in [3.05, 3.63) is 16.3 Å². The summed E-state index contributed by atoms with van der Waals surface area (Å²) in [6.07, 6.45) is 0. The Hall–Kier alpha value is -1.07. The van der Waals surface area contributed by atoms with Crippen LogP contribution in [0.25, 0.3) is 0 Å². The normalized spacial score (nSPS) is 11.4. The van der Waals surface area contributed by atoms with E-state index in [1.165, 1.54) is 0 Å². The molecular formula is C9H12O4S. The first-order chi connectivity index (χ1) is 6.40. The van der Waals surface area contributed by atoms with Crippen LogP contribution >= 0.6 is 11.3 Å². The molecule has 0 atom stereocenters. The Kier molecular flexibility index (Phi) is 3.13. The molecule has 0 saturated carbocycles. The van der Waals surface area contributed by atoms with Crippen molar-refractivity contribution in [3.8, 4) is 5.75 Å². The molecule has 0 aromatic carbocycles. The van der Waals surface area contributed by atoms with Crippen molar-refractivity contribution in [1.29, 1.82) is 0 Å². The zero-order chi connectivity index (χ0) is 10.8. The van der Waals surface area contributed by atoms with Gasteiger partial charge in [-0.3, -0.25) is 0 Å². The lowest BCUT2D eigenvalue weighted by atomic mass is 10.2. The van der Waals surface area contributed by atoms with Gasteiger partial charge in [0, 0.05) is 0 Å². The van der Waals surface area contributed by atoms with Crippen LogP contribution in [0.2, 0.25) is 0 Å². The van der Waals surface area contributed by atoms with Crippen molar-refractivity contribution in [3.63, 3.8) is 0 Å². The van der Waals surface area contributed by atoms with E-state index in [-0.39, 0.29) is 11.5 Å². The maximum atomic E-state index is 10.7. The molecule has 4 nitrogen and oxygen atoms in total. The molecule has 1 aromatic rings. The Labute approximate surface area is 85.8 Å². The SMILES string of the molecule is CC(C)(O)COc1ccsc1C(=O)O. The number of aromatic carboxylic acids is 1. The number of carbonyl (C=O) groups is 1. The Morgan fingerprint density at radius 3 is 2.79 bits per heavy atom. The summed E-state index contributed by atoms with van der Waals surface area (Å²) in [5.41, 5.74) is -0.961. The summed E-state index contributed by atoms with van der Waals surface area (Å²) in [6.45, 7) is 3.27. The van der Waals surface area contributed by atoms with Crippen LogP contribution in [0.4, 0.5) is 0 Å². The minimum Gasteiger partial charge on any atom is -0.489 e.